The quantitative estimate of drug-likeness (QED) is 0.655. The highest BCUT2D eigenvalue weighted by Crippen LogP contribution is 2.10. The molecule has 1 N–H and O–H groups in total. The molecule has 2 heteroatoms. The Morgan fingerprint density at radius 3 is 2.33 bits per heavy atom. The van der Waals surface area contributed by atoms with E-state index >= 15 is 0 Å². The van der Waals surface area contributed by atoms with E-state index in [-0.39, 0.29) is 6.10 Å². The van der Waals surface area contributed by atoms with Crippen molar-refractivity contribution < 1.29 is 5.11 Å². The van der Waals surface area contributed by atoms with Crippen molar-refractivity contribution in [2.45, 2.75) is 26.4 Å². The van der Waals surface area contributed by atoms with E-state index in [1.165, 1.54) is 0 Å². The van der Waals surface area contributed by atoms with Crippen molar-refractivity contribution in [3.05, 3.63) is 0 Å². The predicted molar refractivity (Wildman–Crippen MR) is 43.8 cm³/mol. The van der Waals surface area contributed by atoms with Crippen molar-refractivity contribution in [3.63, 3.8) is 0 Å². The molecule has 0 aliphatic heterocycles. The third-order valence-corrected chi connectivity index (χ3v) is 2.24. The zero-order valence-corrected chi connectivity index (χ0v) is 7.24. The number of hydrogen-bond acceptors (Lipinski definition) is 2. The van der Waals surface area contributed by atoms with Crippen LogP contribution in [0.3, 0.4) is 0 Å². The van der Waals surface area contributed by atoms with E-state index in [9.17, 15) is 0 Å². The lowest BCUT2D eigenvalue weighted by Gasteiger charge is -2.12. The van der Waals surface area contributed by atoms with Crippen molar-refractivity contribution in [1.29, 1.82) is 0 Å². The van der Waals surface area contributed by atoms with Gasteiger partial charge in [0.25, 0.3) is 0 Å². The molecule has 0 saturated carbocycles. The monoisotopic (exact) mass is 148 g/mol. The van der Waals surface area contributed by atoms with E-state index in [0.29, 0.717) is 5.92 Å². The molecule has 0 fully saturated rings. The summed E-state index contributed by atoms with van der Waals surface area (Å²) in [5.41, 5.74) is 0. The van der Waals surface area contributed by atoms with E-state index in [1.807, 2.05) is 18.7 Å². The molecule has 0 saturated heterocycles. The molecule has 0 aromatic rings. The maximum Gasteiger partial charge on any atom is 0.0537 e. The zero-order chi connectivity index (χ0) is 7.28. The van der Waals surface area contributed by atoms with Gasteiger partial charge in [-0.3, -0.25) is 0 Å². The average molecular weight is 148 g/mol. The van der Waals surface area contributed by atoms with Gasteiger partial charge in [0, 0.05) is 0 Å². The Hall–Kier alpha value is 0.310. The highest BCUT2D eigenvalue weighted by atomic mass is 32.2. The highest BCUT2D eigenvalue weighted by molar-refractivity contribution is 7.98. The third-order valence-electron chi connectivity index (χ3n) is 1.60. The number of aliphatic hydroxyl groups excluding tert-OH is 1. The fourth-order valence-corrected chi connectivity index (χ4v) is 1.15. The maximum absolute atomic E-state index is 9.04. The van der Waals surface area contributed by atoms with Gasteiger partial charge in [-0.2, -0.15) is 11.8 Å². The lowest BCUT2D eigenvalue weighted by molar-refractivity contribution is 0.133. The second kappa shape index (κ2) is 5.12. The molecule has 1 unspecified atom stereocenters. The van der Waals surface area contributed by atoms with Crippen LogP contribution in [0.2, 0.25) is 0 Å². The van der Waals surface area contributed by atoms with E-state index in [4.69, 9.17) is 5.11 Å². The van der Waals surface area contributed by atoms with Crippen LogP contribution < -0.4 is 0 Å². The summed E-state index contributed by atoms with van der Waals surface area (Å²) in [6.07, 6.45) is 3.07. The fourth-order valence-electron chi connectivity index (χ4n) is 0.545. The summed E-state index contributed by atoms with van der Waals surface area (Å²) in [7, 11) is 0. The first-order valence-electron chi connectivity index (χ1n) is 3.35. The van der Waals surface area contributed by atoms with Crippen molar-refractivity contribution >= 4 is 11.8 Å². The van der Waals surface area contributed by atoms with Crippen LogP contribution in [0.5, 0.6) is 0 Å². The van der Waals surface area contributed by atoms with Crippen LogP contribution in [0.15, 0.2) is 0 Å². The minimum absolute atomic E-state index is 0.142. The molecule has 0 aliphatic rings. The molecule has 0 amide bonds. The van der Waals surface area contributed by atoms with Crippen molar-refractivity contribution in [3.8, 4) is 0 Å². The Morgan fingerprint density at radius 1 is 1.44 bits per heavy atom. The van der Waals surface area contributed by atoms with Gasteiger partial charge in [-0.25, -0.2) is 0 Å². The van der Waals surface area contributed by atoms with Crippen LogP contribution in [0, 0.1) is 5.92 Å². The van der Waals surface area contributed by atoms with Crippen LogP contribution in [0.25, 0.3) is 0 Å². The van der Waals surface area contributed by atoms with Crippen LogP contribution in [-0.4, -0.2) is 23.2 Å². The van der Waals surface area contributed by atoms with E-state index < -0.39 is 0 Å². The van der Waals surface area contributed by atoms with Gasteiger partial charge in [0.15, 0.2) is 0 Å². The normalized spacial score (nSPS) is 17.3. The van der Waals surface area contributed by atoms with Crippen LogP contribution in [0.4, 0.5) is 0 Å². The summed E-state index contributed by atoms with van der Waals surface area (Å²) in [6.45, 7) is 3.94. The molecule has 0 bridgehead atoms. The second-order valence-electron chi connectivity index (χ2n) is 2.50. The molecule has 0 rings (SSSR count). The van der Waals surface area contributed by atoms with Crippen molar-refractivity contribution in [1.82, 2.24) is 0 Å². The number of aliphatic hydroxyl groups is 1. The van der Waals surface area contributed by atoms with Crippen molar-refractivity contribution in [2.24, 2.45) is 5.92 Å². The Morgan fingerprint density at radius 2 is 2.00 bits per heavy atom. The molecule has 0 aromatic heterocycles. The van der Waals surface area contributed by atoms with E-state index in [2.05, 4.69) is 13.2 Å². The van der Waals surface area contributed by atoms with E-state index in [0.717, 1.165) is 12.2 Å². The van der Waals surface area contributed by atoms with Crippen LogP contribution in [0.1, 0.15) is 20.3 Å². The first kappa shape index (κ1) is 9.31. The average Bonchev–Trinajstić information content (AvgIpc) is 1.82. The number of hydrogen-bond donors (Lipinski definition) is 1. The molecule has 9 heavy (non-hydrogen) atoms. The van der Waals surface area contributed by atoms with Gasteiger partial charge in [-0.15, -0.1) is 0 Å². The largest absolute Gasteiger partial charge is 0.393 e. The van der Waals surface area contributed by atoms with Gasteiger partial charge in [0.05, 0.1) is 6.10 Å². The molecule has 0 radical (unpaired) electrons. The molecule has 56 valence electrons. The van der Waals surface area contributed by atoms with Gasteiger partial charge in [-0.1, -0.05) is 6.92 Å². The minimum atomic E-state index is -0.142. The Labute approximate surface area is 61.8 Å². The maximum atomic E-state index is 9.04. The standard InChI is InChI=1S/C7H16OS/c1-6(7(2)8)4-5-9-3/h6-8H,4-5H2,1-3H3/t6-,7?/m1/s1. The molecule has 0 spiro atoms. The first-order chi connectivity index (χ1) is 4.18. The summed E-state index contributed by atoms with van der Waals surface area (Å²) in [5, 5.41) is 9.04. The molecular formula is C7H16OS. The zero-order valence-electron chi connectivity index (χ0n) is 6.42. The smallest absolute Gasteiger partial charge is 0.0537 e. The van der Waals surface area contributed by atoms with Crippen LogP contribution >= 0.6 is 11.8 Å². The summed E-state index contributed by atoms with van der Waals surface area (Å²) >= 11 is 1.84. The number of thioether (sulfide) groups is 1. The van der Waals surface area contributed by atoms with Gasteiger partial charge in [0.1, 0.15) is 0 Å². The molecule has 2 atom stereocenters. The highest BCUT2D eigenvalue weighted by Gasteiger charge is 2.06. The SMILES string of the molecule is CSCC[C@@H](C)C(C)O. The van der Waals surface area contributed by atoms with Gasteiger partial charge < -0.3 is 5.11 Å². The molecular weight excluding hydrogens is 132 g/mol. The van der Waals surface area contributed by atoms with Gasteiger partial charge in [0.2, 0.25) is 0 Å². The summed E-state index contributed by atoms with van der Waals surface area (Å²) in [5.74, 6) is 1.61. The Balaban J connectivity index is 3.16. The van der Waals surface area contributed by atoms with Crippen molar-refractivity contribution in [2.75, 3.05) is 12.0 Å². The van der Waals surface area contributed by atoms with E-state index in [1.54, 1.807) is 0 Å². The fraction of sp³-hybridized carbons (Fsp3) is 1.00. The third kappa shape index (κ3) is 4.79. The summed E-state index contributed by atoms with van der Waals surface area (Å²) in [4.78, 5) is 0. The lowest BCUT2D eigenvalue weighted by Crippen LogP contribution is -2.13. The predicted octanol–water partition coefficient (Wildman–Crippen LogP) is 1.76. The summed E-state index contributed by atoms with van der Waals surface area (Å²) in [6, 6.07) is 0. The Bertz CT molecular complexity index is 63.9. The lowest BCUT2D eigenvalue weighted by atomic mass is 10.0. The summed E-state index contributed by atoms with van der Waals surface area (Å²) < 4.78 is 0. The first-order valence-corrected chi connectivity index (χ1v) is 4.75. The van der Waals surface area contributed by atoms with Gasteiger partial charge >= 0.3 is 0 Å². The topological polar surface area (TPSA) is 20.2 Å². The Kier molecular flexibility index (Phi) is 5.30. The molecule has 1 nitrogen and oxygen atoms in total. The number of rotatable bonds is 4. The molecule has 0 heterocycles. The molecule has 0 aromatic carbocycles. The molecule has 0 aliphatic carbocycles. The second-order valence-corrected chi connectivity index (χ2v) is 3.48. The van der Waals surface area contributed by atoms with Crippen LogP contribution in [-0.2, 0) is 0 Å². The van der Waals surface area contributed by atoms with Gasteiger partial charge in [-0.05, 0) is 31.3 Å². The minimum Gasteiger partial charge on any atom is -0.393 e.